The van der Waals surface area contributed by atoms with Crippen molar-refractivity contribution in [1.29, 1.82) is 0 Å². The van der Waals surface area contributed by atoms with Crippen LogP contribution < -0.4 is 15.8 Å². The Morgan fingerprint density at radius 1 is 1.25 bits per heavy atom. The quantitative estimate of drug-likeness (QED) is 0.264. The van der Waals surface area contributed by atoms with E-state index in [2.05, 4.69) is 10.1 Å². The van der Waals surface area contributed by atoms with Crippen molar-refractivity contribution in [3.8, 4) is 11.5 Å². The lowest BCUT2D eigenvalue weighted by atomic mass is 10.1. The number of nitrogens with two attached hydrogens (primary N) is 1. The first kappa shape index (κ1) is 24.9. The topological polar surface area (TPSA) is 151 Å². The molecule has 1 saturated heterocycles. The molecule has 1 aliphatic heterocycles. The molecule has 0 bridgehead atoms. The maximum Gasteiger partial charge on any atom is 0.322 e. The van der Waals surface area contributed by atoms with Crippen molar-refractivity contribution in [1.82, 2.24) is 5.32 Å². The van der Waals surface area contributed by atoms with Crippen LogP contribution in [0.1, 0.15) is 11.1 Å². The zero-order valence-corrected chi connectivity index (χ0v) is 18.2. The predicted octanol–water partition coefficient (Wildman–Crippen LogP) is 3.18. The number of nitrogens with zero attached hydrogens (tertiary/aromatic N) is 1. The number of rotatable bonds is 7. The van der Waals surface area contributed by atoms with Crippen molar-refractivity contribution in [2.45, 2.75) is 12.5 Å². The summed E-state index contributed by atoms with van der Waals surface area (Å²) in [5, 5.41) is 13.1. The standard InChI is InChI=1S/C20H17N3O7S.ClH/c1-29-19(25)14(21)8-11-2-5-13(6-3-11)30-16-7-4-12(9-15(16)23(27)28)10-17-18(24)22-20(26)31-17;/h2-7,9-10,14H,8,21H2,1H3,(H,22,24,26);1H/t14-;/m0./s1. The zero-order chi connectivity index (χ0) is 22.5. The van der Waals surface area contributed by atoms with E-state index in [1.54, 1.807) is 24.3 Å². The number of nitro groups is 1. The third-order valence-electron chi connectivity index (χ3n) is 4.23. The van der Waals surface area contributed by atoms with Crippen LogP contribution in [0.5, 0.6) is 11.5 Å². The summed E-state index contributed by atoms with van der Waals surface area (Å²) in [7, 11) is 1.26. The third kappa shape index (κ3) is 6.06. The van der Waals surface area contributed by atoms with Gasteiger partial charge in [0.15, 0.2) is 0 Å². The molecule has 12 heteroatoms. The number of benzene rings is 2. The molecular formula is C20H18ClN3O7S. The summed E-state index contributed by atoms with van der Waals surface area (Å²) in [6.45, 7) is 0. The normalized spacial score (nSPS) is 15.0. The first-order valence-corrected chi connectivity index (χ1v) is 9.72. The fourth-order valence-corrected chi connectivity index (χ4v) is 3.42. The summed E-state index contributed by atoms with van der Waals surface area (Å²) in [4.78, 5) is 45.4. The van der Waals surface area contributed by atoms with Gasteiger partial charge >= 0.3 is 11.7 Å². The number of nitro benzene ring substituents is 1. The maximum absolute atomic E-state index is 11.7. The fraction of sp³-hybridized carbons (Fsp3) is 0.150. The summed E-state index contributed by atoms with van der Waals surface area (Å²) >= 11 is 0.721. The number of nitrogens with one attached hydrogen (secondary N) is 1. The van der Waals surface area contributed by atoms with Gasteiger partial charge in [-0.1, -0.05) is 18.2 Å². The van der Waals surface area contributed by atoms with Gasteiger partial charge in [0.2, 0.25) is 5.75 Å². The van der Waals surface area contributed by atoms with Crippen LogP contribution in [-0.2, 0) is 20.7 Å². The summed E-state index contributed by atoms with van der Waals surface area (Å²) in [5.74, 6) is -0.722. The number of imide groups is 1. The largest absolute Gasteiger partial charge is 0.468 e. The Hall–Kier alpha value is -3.41. The van der Waals surface area contributed by atoms with Gasteiger partial charge in [0.25, 0.3) is 11.1 Å². The monoisotopic (exact) mass is 479 g/mol. The molecular weight excluding hydrogens is 462 g/mol. The van der Waals surface area contributed by atoms with E-state index in [9.17, 15) is 24.5 Å². The average molecular weight is 480 g/mol. The predicted molar refractivity (Wildman–Crippen MR) is 120 cm³/mol. The second-order valence-corrected chi connectivity index (χ2v) is 7.43. The van der Waals surface area contributed by atoms with Crippen LogP contribution in [0.15, 0.2) is 47.4 Å². The fourth-order valence-electron chi connectivity index (χ4n) is 2.73. The number of halogens is 1. The molecule has 1 aliphatic rings. The van der Waals surface area contributed by atoms with Crippen molar-refractivity contribution in [2.75, 3.05) is 7.11 Å². The van der Waals surface area contributed by atoms with Crippen LogP contribution in [-0.4, -0.2) is 35.2 Å². The van der Waals surface area contributed by atoms with Crippen LogP contribution in [0.3, 0.4) is 0 Å². The van der Waals surface area contributed by atoms with Crippen molar-refractivity contribution < 1.29 is 28.8 Å². The molecule has 1 heterocycles. The summed E-state index contributed by atoms with van der Waals surface area (Å²) in [6, 6.07) is 9.98. The van der Waals surface area contributed by atoms with E-state index in [1.165, 1.54) is 31.4 Å². The molecule has 3 rings (SSSR count). The van der Waals surface area contributed by atoms with E-state index in [0.717, 1.165) is 17.3 Å². The minimum Gasteiger partial charge on any atom is -0.468 e. The van der Waals surface area contributed by atoms with Crippen LogP contribution in [0.25, 0.3) is 6.08 Å². The van der Waals surface area contributed by atoms with Gasteiger partial charge in [0.05, 0.1) is 16.9 Å². The molecule has 0 radical (unpaired) electrons. The lowest BCUT2D eigenvalue weighted by Crippen LogP contribution is -2.33. The summed E-state index contributed by atoms with van der Waals surface area (Å²) in [5.41, 5.74) is 6.57. The Labute approximate surface area is 192 Å². The Morgan fingerprint density at radius 3 is 2.50 bits per heavy atom. The number of carbonyl (C=O) groups excluding carboxylic acids is 3. The molecule has 1 fully saturated rings. The molecule has 0 aliphatic carbocycles. The van der Waals surface area contributed by atoms with E-state index in [-0.39, 0.29) is 35.2 Å². The lowest BCUT2D eigenvalue weighted by Gasteiger charge is -2.10. The van der Waals surface area contributed by atoms with Crippen LogP contribution >= 0.6 is 24.2 Å². The number of hydrogen-bond acceptors (Lipinski definition) is 9. The number of esters is 1. The number of amides is 2. The first-order chi connectivity index (χ1) is 14.8. The van der Waals surface area contributed by atoms with Crippen LogP contribution in [0.2, 0.25) is 0 Å². The highest BCUT2D eigenvalue weighted by Gasteiger charge is 2.25. The molecule has 2 amide bonds. The number of thioether (sulfide) groups is 1. The van der Waals surface area contributed by atoms with Crippen molar-refractivity contribution in [3.05, 3.63) is 68.6 Å². The molecule has 2 aromatic carbocycles. The third-order valence-corrected chi connectivity index (χ3v) is 5.04. The SMILES string of the molecule is COC(=O)[C@@H](N)Cc1ccc(Oc2ccc(C=C3SC(=O)NC3=O)cc2[N+](=O)[O-])cc1.Cl. The highest BCUT2D eigenvalue weighted by molar-refractivity contribution is 8.18. The van der Waals surface area contributed by atoms with Gasteiger partial charge < -0.3 is 15.2 Å². The summed E-state index contributed by atoms with van der Waals surface area (Å²) in [6.07, 6.45) is 1.66. The van der Waals surface area contributed by atoms with Gasteiger partial charge in [-0.15, -0.1) is 12.4 Å². The molecule has 168 valence electrons. The van der Waals surface area contributed by atoms with E-state index in [4.69, 9.17) is 10.5 Å². The number of hydrogen-bond donors (Lipinski definition) is 2. The smallest absolute Gasteiger partial charge is 0.322 e. The van der Waals surface area contributed by atoms with E-state index < -0.39 is 28.1 Å². The minimum absolute atomic E-state index is 0. The molecule has 3 N–H and O–H groups in total. The highest BCUT2D eigenvalue weighted by atomic mass is 35.5. The van der Waals surface area contributed by atoms with Gasteiger partial charge in [-0.25, -0.2) is 0 Å². The van der Waals surface area contributed by atoms with E-state index >= 15 is 0 Å². The van der Waals surface area contributed by atoms with E-state index in [1.807, 2.05) is 0 Å². The Kier molecular flexibility index (Phi) is 8.35. The maximum atomic E-state index is 11.7. The van der Waals surface area contributed by atoms with Gasteiger partial charge in [0, 0.05) is 6.07 Å². The van der Waals surface area contributed by atoms with Gasteiger partial charge in [0.1, 0.15) is 11.8 Å². The van der Waals surface area contributed by atoms with Gasteiger partial charge in [-0.05, 0) is 53.6 Å². The van der Waals surface area contributed by atoms with Gasteiger partial charge in [-0.3, -0.25) is 29.8 Å². The number of ether oxygens (including phenoxy) is 2. The van der Waals surface area contributed by atoms with Crippen LogP contribution in [0.4, 0.5) is 10.5 Å². The molecule has 0 aromatic heterocycles. The van der Waals surface area contributed by atoms with Crippen molar-refractivity contribution in [2.24, 2.45) is 5.73 Å². The van der Waals surface area contributed by atoms with Crippen molar-refractivity contribution >= 4 is 53.0 Å². The summed E-state index contributed by atoms with van der Waals surface area (Å²) < 4.78 is 10.2. The first-order valence-electron chi connectivity index (χ1n) is 8.90. The van der Waals surface area contributed by atoms with Crippen molar-refractivity contribution in [3.63, 3.8) is 0 Å². The second-order valence-electron chi connectivity index (χ2n) is 6.42. The zero-order valence-electron chi connectivity index (χ0n) is 16.6. The van der Waals surface area contributed by atoms with Gasteiger partial charge in [-0.2, -0.15) is 0 Å². The number of methoxy groups -OCH3 is 1. The molecule has 0 spiro atoms. The molecule has 0 saturated carbocycles. The number of carbonyl (C=O) groups is 3. The average Bonchev–Trinajstić information content (AvgIpc) is 3.06. The molecule has 1 atom stereocenters. The Balaban J connectivity index is 0.00000363. The lowest BCUT2D eigenvalue weighted by molar-refractivity contribution is -0.385. The minimum atomic E-state index is -0.796. The Bertz CT molecular complexity index is 1090. The Morgan fingerprint density at radius 2 is 1.94 bits per heavy atom. The van der Waals surface area contributed by atoms with E-state index in [0.29, 0.717) is 11.3 Å². The highest BCUT2D eigenvalue weighted by Crippen LogP contribution is 2.34. The molecule has 10 nitrogen and oxygen atoms in total. The molecule has 2 aromatic rings. The van der Waals surface area contributed by atoms with Crippen LogP contribution in [0, 0.1) is 10.1 Å². The second kappa shape index (κ2) is 10.8. The molecule has 32 heavy (non-hydrogen) atoms. The molecule has 0 unspecified atom stereocenters.